The van der Waals surface area contributed by atoms with Gasteiger partial charge in [-0.25, -0.2) is 4.79 Å². The van der Waals surface area contributed by atoms with Crippen molar-refractivity contribution in [3.63, 3.8) is 0 Å². The van der Waals surface area contributed by atoms with Crippen molar-refractivity contribution in [2.75, 3.05) is 19.7 Å². The van der Waals surface area contributed by atoms with Gasteiger partial charge in [0.05, 0.1) is 6.61 Å². The maximum Gasteiger partial charge on any atom is 0.325 e. The summed E-state index contributed by atoms with van der Waals surface area (Å²) in [6, 6.07) is -0.0995. The molecule has 5 heteroatoms. The van der Waals surface area contributed by atoms with Crippen molar-refractivity contribution in [3.8, 4) is 0 Å². The van der Waals surface area contributed by atoms with Gasteiger partial charge in [0.15, 0.2) is 0 Å². The second kappa shape index (κ2) is 6.09. The third kappa shape index (κ3) is 3.08. The molecule has 0 aliphatic heterocycles. The molecule has 4 bridgehead atoms. The maximum atomic E-state index is 12.6. The number of esters is 1. The van der Waals surface area contributed by atoms with Crippen LogP contribution in [-0.2, 0) is 9.53 Å². The molecule has 124 valence electrons. The van der Waals surface area contributed by atoms with Gasteiger partial charge in [-0.2, -0.15) is 0 Å². The standard InChI is InChI=1S/C17H28N2O3/c1-3-19(11-15(20)22-4-2)16(21)18-17-8-12-5-13(9-17)7-14(6-12)10-17/h12-14H,3-11H2,1-2H3,(H,18,21). The molecule has 0 heterocycles. The average molecular weight is 308 g/mol. The molecule has 4 fully saturated rings. The van der Waals surface area contributed by atoms with Crippen LogP contribution in [0.1, 0.15) is 52.4 Å². The smallest absolute Gasteiger partial charge is 0.325 e. The molecule has 0 aromatic carbocycles. The third-order valence-electron chi connectivity index (χ3n) is 5.70. The lowest BCUT2D eigenvalue weighted by Crippen LogP contribution is -2.62. The van der Waals surface area contributed by atoms with Crippen LogP contribution in [0.3, 0.4) is 0 Å². The van der Waals surface area contributed by atoms with Gasteiger partial charge in [0, 0.05) is 12.1 Å². The van der Waals surface area contributed by atoms with Crippen molar-refractivity contribution >= 4 is 12.0 Å². The third-order valence-corrected chi connectivity index (χ3v) is 5.70. The van der Waals surface area contributed by atoms with E-state index >= 15 is 0 Å². The van der Waals surface area contributed by atoms with Crippen LogP contribution in [0.15, 0.2) is 0 Å². The summed E-state index contributed by atoms with van der Waals surface area (Å²) in [5.41, 5.74) is -0.00604. The van der Waals surface area contributed by atoms with Crippen LogP contribution < -0.4 is 5.32 Å². The van der Waals surface area contributed by atoms with Crippen molar-refractivity contribution in [3.05, 3.63) is 0 Å². The second-order valence-corrected chi connectivity index (χ2v) is 7.45. The highest BCUT2D eigenvalue weighted by atomic mass is 16.5. The van der Waals surface area contributed by atoms with E-state index in [2.05, 4.69) is 5.32 Å². The van der Waals surface area contributed by atoms with Crippen molar-refractivity contribution in [1.82, 2.24) is 10.2 Å². The van der Waals surface area contributed by atoms with E-state index in [0.717, 1.165) is 37.0 Å². The summed E-state index contributed by atoms with van der Waals surface area (Å²) in [4.78, 5) is 25.8. The second-order valence-electron chi connectivity index (χ2n) is 7.45. The quantitative estimate of drug-likeness (QED) is 0.794. The number of carbonyl (C=O) groups excluding carboxylic acids is 2. The predicted octanol–water partition coefficient (Wildman–Crippen LogP) is 2.55. The van der Waals surface area contributed by atoms with E-state index in [0.29, 0.717) is 13.2 Å². The molecule has 1 N–H and O–H groups in total. The van der Waals surface area contributed by atoms with E-state index < -0.39 is 0 Å². The highest BCUT2D eigenvalue weighted by Crippen LogP contribution is 2.55. The molecular formula is C17H28N2O3. The van der Waals surface area contributed by atoms with Gasteiger partial charge in [0.25, 0.3) is 0 Å². The Morgan fingerprint density at radius 3 is 2.09 bits per heavy atom. The lowest BCUT2D eigenvalue weighted by atomic mass is 9.53. The number of carbonyl (C=O) groups is 2. The summed E-state index contributed by atoms with van der Waals surface area (Å²) in [6.07, 6.45) is 7.45. The van der Waals surface area contributed by atoms with Gasteiger partial charge in [-0.05, 0) is 70.1 Å². The fourth-order valence-electron chi connectivity index (χ4n) is 5.26. The first-order chi connectivity index (χ1) is 10.5. The number of urea groups is 1. The van der Waals surface area contributed by atoms with Gasteiger partial charge >= 0.3 is 12.0 Å². The number of hydrogen-bond acceptors (Lipinski definition) is 3. The Morgan fingerprint density at radius 2 is 1.64 bits per heavy atom. The van der Waals surface area contributed by atoms with E-state index in [1.165, 1.54) is 19.3 Å². The summed E-state index contributed by atoms with van der Waals surface area (Å²) in [5.74, 6) is 2.06. The molecule has 0 radical (unpaired) electrons. The molecule has 4 aliphatic rings. The number of nitrogens with one attached hydrogen (secondary N) is 1. The zero-order valence-corrected chi connectivity index (χ0v) is 13.8. The lowest BCUT2D eigenvalue weighted by Gasteiger charge is -2.57. The molecule has 22 heavy (non-hydrogen) atoms. The lowest BCUT2D eigenvalue weighted by molar-refractivity contribution is -0.143. The largest absolute Gasteiger partial charge is 0.465 e. The van der Waals surface area contributed by atoms with Crippen LogP contribution in [0.4, 0.5) is 4.79 Å². The molecule has 4 rings (SSSR count). The summed E-state index contributed by atoms with van der Waals surface area (Å²) in [5, 5.41) is 3.30. The van der Waals surface area contributed by atoms with Gasteiger partial charge in [-0.15, -0.1) is 0 Å². The van der Waals surface area contributed by atoms with Crippen LogP contribution in [0, 0.1) is 17.8 Å². The van der Waals surface area contributed by atoms with E-state index in [1.54, 1.807) is 11.8 Å². The monoisotopic (exact) mass is 308 g/mol. The van der Waals surface area contributed by atoms with E-state index in [-0.39, 0.29) is 24.1 Å². The Balaban J connectivity index is 1.61. The minimum Gasteiger partial charge on any atom is -0.465 e. The Morgan fingerprint density at radius 1 is 1.09 bits per heavy atom. The summed E-state index contributed by atoms with van der Waals surface area (Å²) in [6.45, 7) is 4.61. The molecule has 4 aliphatic carbocycles. The van der Waals surface area contributed by atoms with Crippen LogP contribution in [0.25, 0.3) is 0 Å². The highest BCUT2D eigenvalue weighted by molar-refractivity contribution is 5.81. The average Bonchev–Trinajstić information content (AvgIpc) is 2.42. The van der Waals surface area contributed by atoms with Crippen LogP contribution in [-0.4, -0.2) is 42.1 Å². The van der Waals surface area contributed by atoms with Crippen LogP contribution in [0.2, 0.25) is 0 Å². The topological polar surface area (TPSA) is 58.6 Å². The fourth-order valence-corrected chi connectivity index (χ4v) is 5.26. The number of amides is 2. The first-order valence-corrected chi connectivity index (χ1v) is 8.76. The Hall–Kier alpha value is -1.26. The van der Waals surface area contributed by atoms with Gasteiger partial charge in [-0.3, -0.25) is 4.79 Å². The van der Waals surface area contributed by atoms with Crippen molar-refractivity contribution in [2.45, 2.75) is 57.9 Å². The summed E-state index contributed by atoms with van der Waals surface area (Å²) in [7, 11) is 0. The zero-order valence-electron chi connectivity index (χ0n) is 13.8. The van der Waals surface area contributed by atoms with Gasteiger partial charge in [-0.1, -0.05) is 0 Å². The Kier molecular flexibility index (Phi) is 4.33. The van der Waals surface area contributed by atoms with Crippen LogP contribution >= 0.6 is 0 Å². The molecule has 0 atom stereocenters. The number of rotatable bonds is 5. The fraction of sp³-hybridized carbons (Fsp3) is 0.882. The molecule has 4 saturated carbocycles. The van der Waals surface area contributed by atoms with Crippen molar-refractivity contribution in [1.29, 1.82) is 0 Å². The zero-order chi connectivity index (χ0) is 15.7. The van der Waals surface area contributed by atoms with E-state index in [9.17, 15) is 9.59 Å². The highest BCUT2D eigenvalue weighted by Gasteiger charge is 2.51. The number of hydrogen-bond donors (Lipinski definition) is 1. The van der Waals surface area contributed by atoms with Crippen molar-refractivity contribution in [2.24, 2.45) is 17.8 Å². The van der Waals surface area contributed by atoms with Crippen molar-refractivity contribution < 1.29 is 14.3 Å². The molecular weight excluding hydrogens is 280 g/mol. The van der Waals surface area contributed by atoms with E-state index in [4.69, 9.17) is 4.74 Å². The molecule has 2 amide bonds. The van der Waals surface area contributed by atoms with E-state index in [1.807, 2.05) is 6.92 Å². The Labute approximate surface area is 132 Å². The van der Waals surface area contributed by atoms with Crippen LogP contribution in [0.5, 0.6) is 0 Å². The van der Waals surface area contributed by atoms with Gasteiger partial charge < -0.3 is 15.0 Å². The Bertz CT molecular complexity index is 414. The van der Waals surface area contributed by atoms with Gasteiger partial charge in [0.2, 0.25) is 0 Å². The number of ether oxygens (including phenoxy) is 1. The molecule has 0 spiro atoms. The molecule has 0 aromatic heterocycles. The first kappa shape index (κ1) is 15.6. The minimum atomic E-state index is -0.329. The normalized spacial score (nSPS) is 35.3. The van der Waals surface area contributed by atoms with Gasteiger partial charge in [0.1, 0.15) is 6.54 Å². The first-order valence-electron chi connectivity index (χ1n) is 8.76. The predicted molar refractivity (Wildman–Crippen MR) is 83.3 cm³/mol. The maximum absolute atomic E-state index is 12.6. The molecule has 0 saturated heterocycles. The SMILES string of the molecule is CCOC(=O)CN(CC)C(=O)NC12CC3CC(CC(C3)C1)C2. The molecule has 0 aromatic rings. The number of nitrogens with zero attached hydrogens (tertiary/aromatic N) is 1. The molecule has 0 unspecified atom stereocenters. The minimum absolute atomic E-state index is 0.00604. The molecule has 5 nitrogen and oxygen atoms in total. The number of likely N-dealkylation sites (N-methyl/N-ethyl adjacent to an activating group) is 1. The summed E-state index contributed by atoms with van der Waals surface area (Å²) < 4.78 is 4.96. The summed E-state index contributed by atoms with van der Waals surface area (Å²) >= 11 is 0.